The fourth-order valence-electron chi connectivity index (χ4n) is 0.171. The van der Waals surface area contributed by atoms with Crippen LogP contribution in [0.1, 0.15) is 6.92 Å². The molecule has 0 aliphatic rings. The lowest BCUT2D eigenvalue weighted by molar-refractivity contribution is 0.398. The van der Waals surface area contributed by atoms with Crippen LogP contribution in [0, 0.1) is 0 Å². The van der Waals surface area contributed by atoms with E-state index in [1.807, 2.05) is 0 Å². The molecule has 0 saturated heterocycles. The number of rotatable bonds is 2. The molecule has 42 valence electrons. The molecule has 0 saturated carbocycles. The summed E-state index contributed by atoms with van der Waals surface area (Å²) in [7, 11) is 0. The van der Waals surface area contributed by atoms with Crippen molar-refractivity contribution >= 4 is 11.8 Å². The van der Waals surface area contributed by atoms with Crippen LogP contribution in [0.15, 0.2) is 11.8 Å². The minimum absolute atomic E-state index is 0.259. The monoisotopic (exact) mass is 121 g/mol. The molecule has 0 aromatic heterocycles. The standard InChI is InChI=1S/C4H8ClNO/c1-2-4(7)3-6-5/h2,6-7H,3H2,1H3. The summed E-state index contributed by atoms with van der Waals surface area (Å²) in [5.41, 5.74) is 0. The van der Waals surface area contributed by atoms with Crippen molar-refractivity contribution in [1.82, 2.24) is 4.84 Å². The van der Waals surface area contributed by atoms with Crippen molar-refractivity contribution in [3.63, 3.8) is 0 Å². The third-order valence-corrected chi connectivity index (χ3v) is 0.715. The van der Waals surface area contributed by atoms with Gasteiger partial charge in [0.2, 0.25) is 0 Å². The van der Waals surface area contributed by atoms with Gasteiger partial charge in [-0.3, -0.25) is 0 Å². The Bertz CT molecular complexity index is 72.1. The number of hydrogen-bond acceptors (Lipinski definition) is 2. The molecule has 0 bridgehead atoms. The zero-order chi connectivity index (χ0) is 5.70. The van der Waals surface area contributed by atoms with Crippen molar-refractivity contribution in [1.29, 1.82) is 0 Å². The fraction of sp³-hybridized carbons (Fsp3) is 0.500. The lowest BCUT2D eigenvalue weighted by Crippen LogP contribution is -2.02. The molecule has 2 N–H and O–H groups in total. The van der Waals surface area contributed by atoms with Crippen LogP contribution in [0.25, 0.3) is 0 Å². The van der Waals surface area contributed by atoms with Gasteiger partial charge in [0.05, 0.1) is 6.54 Å². The number of halogens is 1. The van der Waals surface area contributed by atoms with E-state index in [1.165, 1.54) is 0 Å². The molecule has 0 aromatic carbocycles. The van der Waals surface area contributed by atoms with Crippen molar-refractivity contribution < 1.29 is 5.11 Å². The SMILES string of the molecule is CC=C(O)CNCl. The molecular formula is C4H8ClNO. The van der Waals surface area contributed by atoms with Crippen molar-refractivity contribution in [2.45, 2.75) is 6.92 Å². The summed E-state index contributed by atoms with van der Waals surface area (Å²) in [5.74, 6) is 0.259. The molecule has 0 amide bonds. The van der Waals surface area contributed by atoms with Gasteiger partial charge < -0.3 is 5.11 Å². The topological polar surface area (TPSA) is 32.3 Å². The fourth-order valence-corrected chi connectivity index (χ4v) is 0.307. The maximum atomic E-state index is 8.57. The van der Waals surface area contributed by atoms with Crippen LogP contribution in [0.4, 0.5) is 0 Å². The Labute approximate surface area is 47.9 Å². The highest BCUT2D eigenvalue weighted by Crippen LogP contribution is 1.82. The quantitative estimate of drug-likeness (QED) is 0.425. The first-order valence-electron chi connectivity index (χ1n) is 1.99. The summed E-state index contributed by atoms with van der Waals surface area (Å²) in [6.45, 7) is 2.07. The van der Waals surface area contributed by atoms with Crippen molar-refractivity contribution in [2.24, 2.45) is 0 Å². The molecule has 0 heterocycles. The Morgan fingerprint density at radius 1 is 2.00 bits per heavy atom. The first kappa shape index (κ1) is 6.79. The molecule has 0 unspecified atom stereocenters. The minimum atomic E-state index is 0.259. The second kappa shape index (κ2) is 3.96. The Morgan fingerprint density at radius 2 is 2.57 bits per heavy atom. The van der Waals surface area contributed by atoms with E-state index < -0.39 is 0 Å². The van der Waals surface area contributed by atoms with Crippen LogP contribution in [-0.4, -0.2) is 11.7 Å². The maximum Gasteiger partial charge on any atom is 0.103 e. The van der Waals surface area contributed by atoms with Crippen molar-refractivity contribution in [3.05, 3.63) is 11.8 Å². The molecule has 0 aromatic rings. The number of hydrogen-bond donors (Lipinski definition) is 2. The second-order valence-electron chi connectivity index (χ2n) is 1.09. The molecule has 0 spiro atoms. The zero-order valence-corrected chi connectivity index (χ0v) is 4.87. The van der Waals surface area contributed by atoms with Crippen LogP contribution < -0.4 is 4.84 Å². The van der Waals surface area contributed by atoms with Gasteiger partial charge in [-0.05, 0) is 24.8 Å². The van der Waals surface area contributed by atoms with E-state index in [2.05, 4.69) is 4.84 Å². The highest BCUT2D eigenvalue weighted by molar-refractivity contribution is 6.13. The molecule has 0 rings (SSSR count). The van der Waals surface area contributed by atoms with Gasteiger partial charge in [0.25, 0.3) is 0 Å². The van der Waals surface area contributed by atoms with E-state index in [9.17, 15) is 0 Å². The van der Waals surface area contributed by atoms with E-state index in [0.717, 1.165) is 0 Å². The maximum absolute atomic E-state index is 8.57. The van der Waals surface area contributed by atoms with Crippen LogP contribution in [0.5, 0.6) is 0 Å². The molecule has 3 heteroatoms. The number of aliphatic hydroxyl groups is 1. The number of nitrogens with one attached hydrogen (secondary N) is 1. The largest absolute Gasteiger partial charge is 0.511 e. The molecule has 0 fully saturated rings. The van der Waals surface area contributed by atoms with E-state index in [-0.39, 0.29) is 5.76 Å². The van der Waals surface area contributed by atoms with E-state index >= 15 is 0 Å². The average molecular weight is 122 g/mol. The third-order valence-electron chi connectivity index (χ3n) is 0.581. The predicted molar refractivity (Wildman–Crippen MR) is 30.2 cm³/mol. The van der Waals surface area contributed by atoms with E-state index in [0.29, 0.717) is 6.54 Å². The molecular weight excluding hydrogens is 114 g/mol. The average Bonchev–Trinajstić information content (AvgIpc) is 1.68. The van der Waals surface area contributed by atoms with Crippen molar-refractivity contribution in [2.75, 3.05) is 6.54 Å². The second-order valence-corrected chi connectivity index (χ2v) is 1.36. The Balaban J connectivity index is 3.17. The molecule has 2 nitrogen and oxygen atoms in total. The van der Waals surface area contributed by atoms with E-state index in [1.54, 1.807) is 13.0 Å². The van der Waals surface area contributed by atoms with Gasteiger partial charge in [0, 0.05) is 0 Å². The molecule has 0 atom stereocenters. The van der Waals surface area contributed by atoms with Gasteiger partial charge in [0.1, 0.15) is 5.76 Å². The first-order chi connectivity index (χ1) is 3.31. The summed E-state index contributed by atoms with van der Waals surface area (Å²) in [4.78, 5) is 2.27. The Kier molecular flexibility index (Phi) is 3.84. The van der Waals surface area contributed by atoms with Gasteiger partial charge in [-0.15, -0.1) is 0 Å². The normalized spacial score (nSPS) is 12.0. The lowest BCUT2D eigenvalue weighted by atomic mass is 10.5. The summed E-state index contributed by atoms with van der Waals surface area (Å²) < 4.78 is 0. The van der Waals surface area contributed by atoms with Crippen LogP contribution in [0.2, 0.25) is 0 Å². The highest BCUT2D eigenvalue weighted by Gasteiger charge is 1.83. The third kappa shape index (κ3) is 3.62. The smallest absolute Gasteiger partial charge is 0.103 e. The van der Waals surface area contributed by atoms with Crippen molar-refractivity contribution in [3.8, 4) is 0 Å². The summed E-state index contributed by atoms with van der Waals surface area (Å²) >= 11 is 5.02. The minimum Gasteiger partial charge on any atom is -0.511 e. The van der Waals surface area contributed by atoms with Crippen LogP contribution in [-0.2, 0) is 0 Å². The van der Waals surface area contributed by atoms with Crippen LogP contribution >= 0.6 is 11.8 Å². The Morgan fingerprint density at radius 3 is 2.71 bits per heavy atom. The highest BCUT2D eigenvalue weighted by atomic mass is 35.5. The summed E-state index contributed by atoms with van der Waals surface area (Å²) in [6, 6.07) is 0. The van der Waals surface area contributed by atoms with Crippen LogP contribution in [0.3, 0.4) is 0 Å². The lowest BCUT2D eigenvalue weighted by Gasteiger charge is -1.90. The van der Waals surface area contributed by atoms with Gasteiger partial charge in [-0.25, -0.2) is 4.84 Å². The van der Waals surface area contributed by atoms with Gasteiger partial charge in [0.15, 0.2) is 0 Å². The predicted octanol–water partition coefficient (Wildman–Crippen LogP) is 1.19. The number of allylic oxidation sites excluding steroid dienone is 1. The van der Waals surface area contributed by atoms with Gasteiger partial charge in [-0.1, -0.05) is 0 Å². The summed E-state index contributed by atoms with van der Waals surface area (Å²) in [5, 5.41) is 8.57. The summed E-state index contributed by atoms with van der Waals surface area (Å²) in [6.07, 6.45) is 1.58. The zero-order valence-electron chi connectivity index (χ0n) is 4.11. The van der Waals surface area contributed by atoms with E-state index in [4.69, 9.17) is 16.9 Å². The van der Waals surface area contributed by atoms with Gasteiger partial charge >= 0.3 is 0 Å². The van der Waals surface area contributed by atoms with Gasteiger partial charge in [-0.2, -0.15) is 0 Å². The molecule has 0 radical (unpaired) electrons. The number of aliphatic hydroxyl groups excluding tert-OH is 1. The Hall–Kier alpha value is -0.210. The first-order valence-corrected chi connectivity index (χ1v) is 2.36. The molecule has 7 heavy (non-hydrogen) atoms. The molecule has 0 aliphatic carbocycles. The molecule has 0 aliphatic heterocycles.